The highest BCUT2D eigenvalue weighted by Crippen LogP contribution is 2.37. The topological polar surface area (TPSA) is 100 Å². The number of hydrogen-bond acceptors (Lipinski definition) is 8. The maximum absolute atomic E-state index is 15.3. The number of phenolic OH excluding ortho intramolecular Hbond substituents is 1. The van der Waals surface area contributed by atoms with Gasteiger partial charge in [-0.1, -0.05) is 12.5 Å². The first kappa shape index (κ1) is 22.4. The van der Waals surface area contributed by atoms with Gasteiger partial charge in [0.15, 0.2) is 11.6 Å². The van der Waals surface area contributed by atoms with Gasteiger partial charge in [-0.15, -0.1) is 10.2 Å². The highest BCUT2D eigenvalue weighted by Gasteiger charge is 2.45. The number of alkyl halides is 1. The van der Waals surface area contributed by atoms with Crippen molar-refractivity contribution in [1.82, 2.24) is 29.6 Å². The molecule has 3 aromatic rings. The molecule has 0 saturated carbocycles. The number of nitrogens with zero attached hydrogens (tertiary/aromatic N) is 7. The third-order valence-corrected chi connectivity index (χ3v) is 7.28. The maximum atomic E-state index is 15.3. The van der Waals surface area contributed by atoms with Crippen LogP contribution in [0, 0.1) is 0 Å². The first-order chi connectivity index (χ1) is 16.3. The number of aromatic hydroxyl groups is 1. The Labute approximate surface area is 196 Å². The van der Waals surface area contributed by atoms with E-state index in [2.05, 4.69) is 25.1 Å². The van der Waals surface area contributed by atoms with Crippen LogP contribution in [-0.2, 0) is 7.05 Å². The number of aryl methyl sites for hydroxylation is 1. The van der Waals surface area contributed by atoms with E-state index in [9.17, 15) is 9.90 Å². The second-order valence-corrected chi connectivity index (χ2v) is 9.26. The molecule has 4 atom stereocenters. The van der Waals surface area contributed by atoms with E-state index in [-0.39, 0.29) is 23.7 Å². The molecule has 5 rings (SSSR count). The number of rotatable bonds is 4. The van der Waals surface area contributed by atoms with Gasteiger partial charge in [-0.2, -0.15) is 4.98 Å². The van der Waals surface area contributed by atoms with Gasteiger partial charge in [-0.05, 0) is 50.6 Å². The zero-order valence-electron chi connectivity index (χ0n) is 19.5. The fourth-order valence-electron chi connectivity index (χ4n) is 5.19. The summed E-state index contributed by atoms with van der Waals surface area (Å²) in [7, 11) is 5.48. The highest BCUT2D eigenvalue weighted by molar-refractivity contribution is 5.72. The third-order valence-electron chi connectivity index (χ3n) is 7.28. The summed E-state index contributed by atoms with van der Waals surface area (Å²) in [6.45, 7) is 0. The fraction of sp³-hybridized carbons (Fsp3) is 0.458. The van der Waals surface area contributed by atoms with E-state index < -0.39 is 11.9 Å². The van der Waals surface area contributed by atoms with Crippen molar-refractivity contribution in [2.75, 3.05) is 19.0 Å². The summed E-state index contributed by atoms with van der Waals surface area (Å²) in [5.74, 6) is 0.810. The molecule has 2 aliphatic rings. The van der Waals surface area contributed by atoms with Crippen molar-refractivity contribution in [2.45, 2.75) is 50.0 Å². The quantitative estimate of drug-likeness (QED) is 0.627. The van der Waals surface area contributed by atoms with Gasteiger partial charge in [0.2, 0.25) is 0 Å². The molecule has 0 unspecified atom stereocenters. The van der Waals surface area contributed by atoms with Crippen molar-refractivity contribution in [1.29, 1.82) is 0 Å². The van der Waals surface area contributed by atoms with Crippen molar-refractivity contribution < 1.29 is 9.50 Å². The molecular formula is C24H28FN7O2. The monoisotopic (exact) mass is 465 g/mol. The minimum Gasteiger partial charge on any atom is -0.507 e. The number of aromatic nitrogens is 5. The Bertz CT molecular complexity index is 1250. The van der Waals surface area contributed by atoms with Crippen LogP contribution in [0.15, 0.2) is 41.5 Å². The summed E-state index contributed by atoms with van der Waals surface area (Å²) in [4.78, 5) is 23.9. The van der Waals surface area contributed by atoms with Gasteiger partial charge in [0.1, 0.15) is 18.2 Å². The van der Waals surface area contributed by atoms with Gasteiger partial charge in [-0.3, -0.25) is 9.47 Å². The van der Waals surface area contributed by atoms with Crippen molar-refractivity contribution in [3.63, 3.8) is 0 Å². The Morgan fingerprint density at radius 2 is 1.97 bits per heavy atom. The lowest BCUT2D eigenvalue weighted by molar-refractivity contribution is -0.00672. The first-order valence-corrected chi connectivity index (χ1v) is 11.5. The van der Waals surface area contributed by atoms with Gasteiger partial charge < -0.3 is 10.0 Å². The molecule has 0 spiro atoms. The molecule has 178 valence electrons. The number of phenols is 1. The van der Waals surface area contributed by atoms with Gasteiger partial charge in [0.05, 0.1) is 11.7 Å². The highest BCUT2D eigenvalue weighted by atomic mass is 19.1. The van der Waals surface area contributed by atoms with Crippen LogP contribution < -0.4 is 10.6 Å². The smallest absolute Gasteiger partial charge is 0.350 e. The second-order valence-electron chi connectivity index (χ2n) is 9.26. The number of halogens is 1. The lowest BCUT2D eigenvalue weighted by Gasteiger charge is -2.51. The fourth-order valence-corrected chi connectivity index (χ4v) is 5.19. The Morgan fingerprint density at radius 3 is 2.68 bits per heavy atom. The van der Waals surface area contributed by atoms with Gasteiger partial charge in [-0.25, -0.2) is 14.2 Å². The summed E-state index contributed by atoms with van der Waals surface area (Å²) in [5, 5.41) is 19.2. The maximum Gasteiger partial charge on any atom is 0.350 e. The van der Waals surface area contributed by atoms with Crippen LogP contribution in [0.5, 0.6) is 5.75 Å². The lowest BCUT2D eigenvalue weighted by atomic mass is 9.80. The van der Waals surface area contributed by atoms with Crippen LogP contribution in [0.1, 0.15) is 25.7 Å². The molecule has 9 nitrogen and oxygen atoms in total. The van der Waals surface area contributed by atoms with E-state index in [0.717, 1.165) is 25.7 Å². The van der Waals surface area contributed by atoms with Crippen LogP contribution in [0.3, 0.4) is 0 Å². The normalized spacial score (nSPS) is 24.7. The lowest BCUT2D eigenvalue weighted by Crippen LogP contribution is -2.62. The molecule has 2 saturated heterocycles. The SMILES string of the molecule is CN(c1ccc(-c2ccc(-c3ncn(C)c(=O)n3)cc2O)nn1)[C@@H]1C[C@H]2CCC[C@@H]([C@@H]1F)N2C. The predicted molar refractivity (Wildman–Crippen MR) is 126 cm³/mol. The van der Waals surface area contributed by atoms with Crippen LogP contribution in [0.25, 0.3) is 22.6 Å². The van der Waals surface area contributed by atoms with Crippen molar-refractivity contribution in [2.24, 2.45) is 7.05 Å². The molecular weight excluding hydrogens is 437 g/mol. The molecule has 0 aliphatic carbocycles. The number of hydrogen-bond donors (Lipinski definition) is 1. The minimum absolute atomic E-state index is 0.0239. The zero-order valence-corrected chi connectivity index (χ0v) is 19.5. The van der Waals surface area contributed by atoms with Crippen LogP contribution in [0.4, 0.5) is 10.2 Å². The van der Waals surface area contributed by atoms with E-state index in [1.165, 1.54) is 17.0 Å². The number of fused-ring (bicyclic) bond motifs is 2. The molecule has 1 N–H and O–H groups in total. The number of benzene rings is 1. The molecule has 2 bridgehead atoms. The van der Waals surface area contributed by atoms with Gasteiger partial charge in [0.25, 0.3) is 0 Å². The Balaban J connectivity index is 1.36. The van der Waals surface area contributed by atoms with Gasteiger partial charge >= 0.3 is 5.69 Å². The van der Waals surface area contributed by atoms with E-state index in [4.69, 9.17) is 0 Å². The Morgan fingerprint density at radius 1 is 1.15 bits per heavy atom. The summed E-state index contributed by atoms with van der Waals surface area (Å²) in [6, 6.07) is 8.59. The molecule has 2 fully saturated rings. The number of anilines is 1. The van der Waals surface area contributed by atoms with E-state index in [1.54, 1.807) is 31.3 Å². The molecule has 0 radical (unpaired) electrons. The summed E-state index contributed by atoms with van der Waals surface area (Å²) < 4.78 is 16.6. The zero-order chi connectivity index (χ0) is 24.0. The summed E-state index contributed by atoms with van der Waals surface area (Å²) in [5.41, 5.74) is 1.07. The van der Waals surface area contributed by atoms with Crippen LogP contribution in [-0.4, -0.2) is 73.1 Å². The molecule has 4 heterocycles. The van der Waals surface area contributed by atoms with Crippen LogP contribution >= 0.6 is 0 Å². The summed E-state index contributed by atoms with van der Waals surface area (Å²) in [6.07, 6.45) is 4.28. The molecule has 2 aromatic heterocycles. The van der Waals surface area contributed by atoms with E-state index in [0.29, 0.717) is 28.7 Å². The summed E-state index contributed by atoms with van der Waals surface area (Å²) >= 11 is 0. The minimum atomic E-state index is -0.943. The van der Waals surface area contributed by atoms with E-state index in [1.807, 2.05) is 19.0 Å². The molecule has 1 aromatic carbocycles. The van der Waals surface area contributed by atoms with Crippen LogP contribution in [0.2, 0.25) is 0 Å². The average molecular weight is 466 g/mol. The van der Waals surface area contributed by atoms with Crippen molar-refractivity contribution in [3.8, 4) is 28.4 Å². The third kappa shape index (κ3) is 3.91. The second kappa shape index (κ2) is 8.75. The molecule has 0 amide bonds. The average Bonchev–Trinajstić information content (AvgIpc) is 2.83. The van der Waals surface area contributed by atoms with Crippen molar-refractivity contribution in [3.05, 3.63) is 47.1 Å². The molecule has 2 aliphatic heterocycles. The largest absolute Gasteiger partial charge is 0.507 e. The van der Waals surface area contributed by atoms with E-state index >= 15 is 4.39 Å². The van der Waals surface area contributed by atoms with Crippen molar-refractivity contribution >= 4 is 5.82 Å². The molecule has 10 heteroatoms. The Kier molecular flexibility index (Phi) is 5.76. The standard InChI is InChI=1S/C24H28FN7O2/c1-30-13-26-23(27-24(30)34)14-7-8-16(20(33)11-14)17-9-10-21(29-28-17)32(3)19-12-15-5-4-6-18(22(19)25)31(15)2/h7-11,13,15,18-19,22,33H,4-6,12H2,1-3H3/t15-,18+,19-,22+/m1/s1. The first-order valence-electron chi connectivity index (χ1n) is 11.5. The predicted octanol–water partition coefficient (Wildman–Crippen LogP) is 2.40. The molecule has 34 heavy (non-hydrogen) atoms. The number of piperidine rings is 2. The van der Waals surface area contributed by atoms with Gasteiger partial charge in [0, 0.05) is 37.3 Å². The Hall–Kier alpha value is -3.40.